The number of hydrogen-bond donors (Lipinski definition) is 2. The van der Waals surface area contributed by atoms with E-state index in [4.69, 9.17) is 0 Å². The molecule has 3 rings (SSSR count). The molecule has 0 radical (unpaired) electrons. The topological polar surface area (TPSA) is 91.5 Å². The van der Waals surface area contributed by atoms with Gasteiger partial charge in [0, 0.05) is 16.8 Å². The molecule has 0 saturated heterocycles. The van der Waals surface area contributed by atoms with Crippen molar-refractivity contribution in [2.45, 2.75) is 38.1 Å². The number of Topliss-reactive ketones (excluding diaryl/α,β-unsaturated/α-hetero) is 2. The van der Waals surface area contributed by atoms with E-state index in [-0.39, 0.29) is 16.8 Å². The number of thioether (sulfide) groups is 1. The average molecular weight is 368 g/mol. The van der Waals surface area contributed by atoms with Gasteiger partial charge in [-0.25, -0.2) is 4.98 Å². The molecule has 134 valence electrons. The minimum atomic E-state index is -0.383. The van der Waals surface area contributed by atoms with Gasteiger partial charge in [0.2, 0.25) is 5.16 Å². The predicted octanol–water partition coefficient (Wildman–Crippen LogP) is 3.98. The zero-order valence-corrected chi connectivity index (χ0v) is 15.9. The summed E-state index contributed by atoms with van der Waals surface area (Å²) >= 11 is 1.29. The fourth-order valence-electron chi connectivity index (χ4n) is 2.96. The molecule has 0 fully saturated rings. The maximum Gasteiger partial charge on any atom is 0.209 e. The van der Waals surface area contributed by atoms with Gasteiger partial charge >= 0.3 is 0 Å². The number of aromatic amines is 2. The Kier molecular flexibility index (Phi) is 5.08. The average Bonchev–Trinajstić information content (AvgIpc) is 3.19. The van der Waals surface area contributed by atoms with E-state index in [1.54, 1.807) is 13.8 Å². The van der Waals surface area contributed by atoms with Gasteiger partial charge in [-0.05, 0) is 33.3 Å². The van der Waals surface area contributed by atoms with E-state index in [0.717, 1.165) is 11.3 Å². The van der Waals surface area contributed by atoms with E-state index in [1.165, 1.54) is 18.7 Å². The van der Waals surface area contributed by atoms with Gasteiger partial charge in [-0.3, -0.25) is 14.7 Å². The molecule has 0 spiro atoms. The third-order valence-corrected chi connectivity index (χ3v) is 5.16. The van der Waals surface area contributed by atoms with Crippen molar-refractivity contribution < 1.29 is 9.59 Å². The number of ketones is 2. The van der Waals surface area contributed by atoms with E-state index >= 15 is 0 Å². The summed E-state index contributed by atoms with van der Waals surface area (Å²) in [6.45, 7) is 6.92. The number of nitrogens with one attached hydrogen (secondary N) is 2. The van der Waals surface area contributed by atoms with Crippen LogP contribution in [0.4, 0.5) is 0 Å². The molecule has 0 bridgehead atoms. The summed E-state index contributed by atoms with van der Waals surface area (Å²) < 4.78 is 0. The molecule has 3 aromatic rings. The summed E-state index contributed by atoms with van der Waals surface area (Å²) in [4.78, 5) is 32.1. The number of carbonyl (C=O) groups is 2. The quantitative estimate of drug-likeness (QED) is 0.507. The van der Waals surface area contributed by atoms with Crippen LogP contribution < -0.4 is 0 Å². The number of rotatable bonds is 6. The number of benzene rings is 1. The molecule has 1 atom stereocenters. The Labute approximate surface area is 155 Å². The highest BCUT2D eigenvalue weighted by Crippen LogP contribution is 2.27. The first-order chi connectivity index (χ1) is 12.4. The molecule has 0 aliphatic rings. The Morgan fingerprint density at radius 1 is 1.15 bits per heavy atom. The van der Waals surface area contributed by atoms with E-state index in [9.17, 15) is 9.59 Å². The first kappa shape index (κ1) is 18.1. The van der Waals surface area contributed by atoms with E-state index in [1.807, 2.05) is 37.3 Å². The van der Waals surface area contributed by atoms with E-state index < -0.39 is 0 Å². The van der Waals surface area contributed by atoms with Crippen LogP contribution in [0.1, 0.15) is 46.0 Å². The standard InChI is InChI=1S/C19H20N4O2S/c1-10-15(12(3)24)11(2)20-16(10)17(25)13(4)26-19-21-18(22-23-19)14-8-6-5-7-9-14/h5-9,13,20H,1-4H3,(H,21,22,23)/t13-/m0/s1. The summed E-state index contributed by atoms with van der Waals surface area (Å²) in [5.41, 5.74) is 3.43. The Hall–Kier alpha value is -2.67. The highest BCUT2D eigenvalue weighted by Gasteiger charge is 2.25. The predicted molar refractivity (Wildman–Crippen MR) is 102 cm³/mol. The van der Waals surface area contributed by atoms with Gasteiger partial charge < -0.3 is 4.98 Å². The molecule has 2 heterocycles. The molecular weight excluding hydrogens is 348 g/mol. The van der Waals surface area contributed by atoms with E-state index in [2.05, 4.69) is 20.2 Å². The lowest BCUT2D eigenvalue weighted by molar-refractivity contribution is 0.0988. The fraction of sp³-hybridized carbons (Fsp3) is 0.263. The molecule has 6 nitrogen and oxygen atoms in total. The fourth-order valence-corrected chi connectivity index (χ4v) is 3.75. The van der Waals surface area contributed by atoms with Crippen LogP contribution in [0.15, 0.2) is 35.5 Å². The molecule has 2 N–H and O–H groups in total. The van der Waals surface area contributed by atoms with Crippen LogP contribution in [-0.2, 0) is 0 Å². The van der Waals surface area contributed by atoms with Crippen LogP contribution in [-0.4, -0.2) is 37.0 Å². The lowest BCUT2D eigenvalue weighted by atomic mass is 10.0. The van der Waals surface area contributed by atoms with Gasteiger partial charge in [0.25, 0.3) is 0 Å². The number of hydrogen-bond acceptors (Lipinski definition) is 5. The highest BCUT2D eigenvalue weighted by atomic mass is 32.2. The van der Waals surface area contributed by atoms with Crippen LogP contribution in [0.2, 0.25) is 0 Å². The second-order valence-electron chi connectivity index (χ2n) is 6.14. The molecule has 26 heavy (non-hydrogen) atoms. The van der Waals surface area contributed by atoms with Gasteiger partial charge in [0.1, 0.15) is 0 Å². The third kappa shape index (κ3) is 3.48. The SMILES string of the molecule is CC(=O)c1c(C)[nH]c(C(=O)[C@H](C)Sc2n[nH]c(-c3ccccc3)n2)c1C. The van der Waals surface area contributed by atoms with Crippen LogP contribution in [0, 0.1) is 13.8 Å². The molecule has 0 unspecified atom stereocenters. The maximum absolute atomic E-state index is 12.8. The van der Waals surface area contributed by atoms with Gasteiger partial charge in [-0.1, -0.05) is 42.1 Å². The Bertz CT molecular complexity index is 959. The summed E-state index contributed by atoms with van der Waals surface area (Å²) in [7, 11) is 0. The monoisotopic (exact) mass is 368 g/mol. The van der Waals surface area contributed by atoms with Crippen LogP contribution in [0.5, 0.6) is 0 Å². The Balaban J connectivity index is 1.78. The Morgan fingerprint density at radius 2 is 1.85 bits per heavy atom. The number of nitrogens with zero attached hydrogens (tertiary/aromatic N) is 2. The Morgan fingerprint density at radius 3 is 2.46 bits per heavy atom. The molecule has 0 aliphatic heterocycles. The molecule has 1 aromatic carbocycles. The van der Waals surface area contributed by atoms with Crippen LogP contribution in [0.3, 0.4) is 0 Å². The number of carbonyl (C=O) groups excluding carboxylic acids is 2. The third-order valence-electron chi connectivity index (χ3n) is 4.20. The van der Waals surface area contributed by atoms with E-state index in [0.29, 0.717) is 27.8 Å². The van der Waals surface area contributed by atoms with Crippen molar-refractivity contribution in [3.8, 4) is 11.4 Å². The summed E-state index contributed by atoms with van der Waals surface area (Å²) in [6, 6.07) is 9.68. The smallest absolute Gasteiger partial charge is 0.209 e. The maximum atomic E-state index is 12.8. The number of aromatic nitrogens is 4. The molecular formula is C19H20N4O2S. The summed E-state index contributed by atoms with van der Waals surface area (Å²) in [5.74, 6) is 0.546. The van der Waals surface area contributed by atoms with Crippen LogP contribution >= 0.6 is 11.8 Å². The van der Waals surface area contributed by atoms with Crippen molar-refractivity contribution in [3.05, 3.63) is 52.8 Å². The molecule has 0 amide bonds. The lowest BCUT2D eigenvalue weighted by Gasteiger charge is -2.07. The van der Waals surface area contributed by atoms with Crippen molar-refractivity contribution in [2.24, 2.45) is 0 Å². The minimum Gasteiger partial charge on any atom is -0.355 e. The van der Waals surface area contributed by atoms with Crippen molar-refractivity contribution >= 4 is 23.3 Å². The molecule has 2 aromatic heterocycles. The zero-order chi connectivity index (χ0) is 18.8. The largest absolute Gasteiger partial charge is 0.355 e. The first-order valence-corrected chi connectivity index (χ1v) is 9.15. The van der Waals surface area contributed by atoms with Gasteiger partial charge in [-0.2, -0.15) is 0 Å². The number of H-pyrrole nitrogens is 2. The van der Waals surface area contributed by atoms with Crippen molar-refractivity contribution in [2.75, 3.05) is 0 Å². The van der Waals surface area contributed by atoms with Gasteiger partial charge in [0.05, 0.1) is 10.9 Å². The molecule has 0 aliphatic carbocycles. The highest BCUT2D eigenvalue weighted by molar-refractivity contribution is 8.00. The molecule has 7 heteroatoms. The van der Waals surface area contributed by atoms with Gasteiger partial charge in [-0.15, -0.1) is 5.10 Å². The number of aryl methyl sites for hydroxylation is 1. The zero-order valence-electron chi connectivity index (χ0n) is 15.1. The van der Waals surface area contributed by atoms with Crippen molar-refractivity contribution in [1.29, 1.82) is 0 Å². The van der Waals surface area contributed by atoms with Crippen molar-refractivity contribution in [1.82, 2.24) is 20.2 Å². The lowest BCUT2D eigenvalue weighted by Crippen LogP contribution is -2.15. The summed E-state index contributed by atoms with van der Waals surface area (Å²) in [6.07, 6.45) is 0. The summed E-state index contributed by atoms with van der Waals surface area (Å²) in [5, 5.41) is 7.22. The second-order valence-corrected chi connectivity index (χ2v) is 7.45. The van der Waals surface area contributed by atoms with Crippen molar-refractivity contribution in [3.63, 3.8) is 0 Å². The minimum absolute atomic E-state index is 0.0444. The first-order valence-electron chi connectivity index (χ1n) is 8.27. The van der Waals surface area contributed by atoms with Gasteiger partial charge in [0.15, 0.2) is 17.4 Å². The molecule has 0 saturated carbocycles. The normalized spacial score (nSPS) is 12.2. The second kappa shape index (κ2) is 7.29. The van der Waals surface area contributed by atoms with Crippen LogP contribution in [0.25, 0.3) is 11.4 Å².